The first kappa shape index (κ1) is 19.1. The highest BCUT2D eigenvalue weighted by Gasteiger charge is 2.19. The van der Waals surface area contributed by atoms with Gasteiger partial charge in [0, 0.05) is 12.6 Å². The van der Waals surface area contributed by atoms with Gasteiger partial charge in [0.2, 0.25) is 0 Å². The maximum absolute atomic E-state index is 9.30. The maximum atomic E-state index is 9.30. The molecule has 1 aliphatic rings. The lowest BCUT2D eigenvalue weighted by Gasteiger charge is -2.28. The van der Waals surface area contributed by atoms with Crippen LogP contribution in [-0.2, 0) is 6.54 Å². The molecule has 0 saturated heterocycles. The van der Waals surface area contributed by atoms with Crippen molar-refractivity contribution in [1.82, 2.24) is 10.6 Å². The predicted octanol–water partition coefficient (Wildman–Crippen LogP) is 3.64. The lowest BCUT2D eigenvalue weighted by Crippen LogP contribution is -2.45. The monoisotopic (exact) mass is 417 g/mol. The molecule has 0 bridgehead atoms. The third kappa shape index (κ3) is 6.42. The van der Waals surface area contributed by atoms with Gasteiger partial charge in [-0.25, -0.2) is 4.99 Å². The lowest BCUT2D eigenvalue weighted by atomic mass is 9.87. The number of hydrogen-bond donors (Lipinski definition) is 3. The van der Waals surface area contributed by atoms with E-state index < -0.39 is 0 Å². The molecule has 1 aromatic carbocycles. The average Bonchev–Trinajstić information content (AvgIpc) is 2.47. The molecule has 2 unspecified atom stereocenters. The predicted molar refractivity (Wildman–Crippen MR) is 103 cm³/mol. The van der Waals surface area contributed by atoms with Crippen LogP contribution in [0.25, 0.3) is 0 Å². The quantitative estimate of drug-likeness (QED) is 0.398. The van der Waals surface area contributed by atoms with Gasteiger partial charge in [0.15, 0.2) is 5.96 Å². The molecule has 1 saturated carbocycles. The first-order valence-corrected chi connectivity index (χ1v) is 8.00. The molecule has 124 valence electrons. The molecule has 0 radical (unpaired) electrons. The van der Waals surface area contributed by atoms with E-state index in [1.54, 1.807) is 12.1 Å². The summed E-state index contributed by atoms with van der Waals surface area (Å²) in [4.78, 5) is 4.65. The van der Waals surface area contributed by atoms with Crippen LogP contribution >= 0.6 is 24.0 Å². The van der Waals surface area contributed by atoms with Gasteiger partial charge in [0.1, 0.15) is 5.75 Å². The van der Waals surface area contributed by atoms with Crippen molar-refractivity contribution in [2.75, 3.05) is 6.54 Å². The number of rotatable bonds is 4. The van der Waals surface area contributed by atoms with E-state index in [0.717, 1.165) is 24.0 Å². The van der Waals surface area contributed by atoms with Crippen molar-refractivity contribution < 1.29 is 5.11 Å². The highest BCUT2D eigenvalue weighted by atomic mass is 127. The Balaban J connectivity index is 0.00000242. The van der Waals surface area contributed by atoms with Gasteiger partial charge in [-0.05, 0) is 43.4 Å². The van der Waals surface area contributed by atoms with Gasteiger partial charge < -0.3 is 15.7 Å². The molecule has 0 amide bonds. The van der Waals surface area contributed by atoms with Crippen molar-refractivity contribution in [1.29, 1.82) is 0 Å². The molecular weight excluding hydrogens is 389 g/mol. The number of phenols is 1. The smallest absolute Gasteiger partial charge is 0.191 e. The Morgan fingerprint density at radius 3 is 2.64 bits per heavy atom. The Morgan fingerprint density at radius 1 is 1.27 bits per heavy atom. The minimum Gasteiger partial charge on any atom is -0.508 e. The fourth-order valence-electron chi connectivity index (χ4n) is 2.85. The molecule has 5 heteroatoms. The normalized spacial score (nSPS) is 21.8. The second kappa shape index (κ2) is 9.92. The molecule has 1 fully saturated rings. The summed E-state index contributed by atoms with van der Waals surface area (Å²) < 4.78 is 0. The zero-order valence-corrected chi connectivity index (χ0v) is 15.8. The molecule has 22 heavy (non-hydrogen) atoms. The maximum Gasteiger partial charge on any atom is 0.191 e. The third-order valence-electron chi connectivity index (χ3n) is 3.98. The van der Waals surface area contributed by atoms with Gasteiger partial charge in [-0.1, -0.05) is 31.9 Å². The summed E-state index contributed by atoms with van der Waals surface area (Å²) in [5, 5.41) is 16.2. The molecule has 0 spiro atoms. The average molecular weight is 417 g/mol. The summed E-state index contributed by atoms with van der Waals surface area (Å²) >= 11 is 0. The summed E-state index contributed by atoms with van der Waals surface area (Å²) in [6.45, 7) is 5.90. The van der Waals surface area contributed by atoms with Crippen molar-refractivity contribution in [3.63, 3.8) is 0 Å². The van der Waals surface area contributed by atoms with Crippen LogP contribution in [0.4, 0.5) is 0 Å². The zero-order valence-electron chi connectivity index (χ0n) is 13.5. The molecule has 0 aromatic heterocycles. The molecule has 1 aromatic rings. The molecule has 4 nitrogen and oxygen atoms in total. The van der Waals surface area contributed by atoms with Gasteiger partial charge >= 0.3 is 0 Å². The lowest BCUT2D eigenvalue weighted by molar-refractivity contribution is 0.324. The van der Waals surface area contributed by atoms with E-state index in [9.17, 15) is 5.11 Å². The number of nitrogens with zero attached hydrogens (tertiary/aromatic N) is 1. The largest absolute Gasteiger partial charge is 0.508 e. The molecule has 2 rings (SSSR count). The van der Waals surface area contributed by atoms with Crippen LogP contribution in [0, 0.1) is 5.92 Å². The Bertz CT molecular complexity index is 461. The van der Waals surface area contributed by atoms with Crippen molar-refractivity contribution in [3.8, 4) is 5.75 Å². The molecule has 3 N–H and O–H groups in total. The van der Waals surface area contributed by atoms with Crippen molar-refractivity contribution >= 4 is 29.9 Å². The Kier molecular flexibility index (Phi) is 8.60. The number of halogens is 1. The number of phenolic OH excluding ortho intramolecular Hbond substituents is 1. The second-order valence-corrected chi connectivity index (χ2v) is 5.97. The van der Waals surface area contributed by atoms with Crippen LogP contribution < -0.4 is 10.6 Å². The Morgan fingerprint density at radius 2 is 2.00 bits per heavy atom. The number of aliphatic imine (C=N–C) groups is 1. The zero-order chi connectivity index (χ0) is 15.1. The summed E-state index contributed by atoms with van der Waals surface area (Å²) in [6, 6.07) is 7.75. The minimum atomic E-state index is 0. The van der Waals surface area contributed by atoms with Gasteiger partial charge in [-0.2, -0.15) is 0 Å². The molecule has 0 aliphatic heterocycles. The van der Waals surface area contributed by atoms with Crippen LogP contribution in [0.15, 0.2) is 29.3 Å². The summed E-state index contributed by atoms with van der Waals surface area (Å²) in [7, 11) is 0. The fourth-order valence-corrected chi connectivity index (χ4v) is 2.85. The highest BCUT2D eigenvalue weighted by Crippen LogP contribution is 2.23. The van der Waals surface area contributed by atoms with E-state index >= 15 is 0 Å². The van der Waals surface area contributed by atoms with Crippen molar-refractivity contribution in [3.05, 3.63) is 29.8 Å². The van der Waals surface area contributed by atoms with Crippen LogP contribution in [0.2, 0.25) is 0 Å². The number of nitrogens with one attached hydrogen (secondary N) is 2. The van der Waals surface area contributed by atoms with E-state index in [2.05, 4.69) is 29.5 Å². The van der Waals surface area contributed by atoms with E-state index in [1.165, 1.54) is 25.7 Å². The third-order valence-corrected chi connectivity index (χ3v) is 3.98. The number of guanidine groups is 1. The van der Waals surface area contributed by atoms with E-state index in [-0.39, 0.29) is 24.0 Å². The van der Waals surface area contributed by atoms with Crippen LogP contribution in [-0.4, -0.2) is 23.7 Å². The van der Waals surface area contributed by atoms with Crippen LogP contribution in [0.5, 0.6) is 5.75 Å². The molecular formula is C17H28IN3O. The van der Waals surface area contributed by atoms with Crippen molar-refractivity contribution in [2.24, 2.45) is 10.9 Å². The second-order valence-electron chi connectivity index (χ2n) is 5.97. The van der Waals surface area contributed by atoms with Gasteiger partial charge in [-0.3, -0.25) is 0 Å². The molecule has 0 heterocycles. The number of benzene rings is 1. The van der Waals surface area contributed by atoms with Crippen LogP contribution in [0.3, 0.4) is 0 Å². The molecule has 1 aliphatic carbocycles. The Labute approximate surface area is 150 Å². The van der Waals surface area contributed by atoms with Gasteiger partial charge in [0.25, 0.3) is 0 Å². The number of aromatic hydroxyl groups is 1. The SMILES string of the molecule is CCNC(=NCc1ccc(O)cc1)NC1CCCC(C)C1.I. The highest BCUT2D eigenvalue weighted by molar-refractivity contribution is 14.0. The Hall–Kier alpha value is -0.980. The van der Waals surface area contributed by atoms with Crippen LogP contribution in [0.1, 0.15) is 45.1 Å². The number of hydrogen-bond acceptors (Lipinski definition) is 2. The standard InChI is InChI=1S/C17H27N3O.HI/c1-3-18-17(20-15-6-4-5-13(2)11-15)19-12-14-7-9-16(21)10-8-14;/h7-10,13,15,21H,3-6,11-12H2,1-2H3,(H2,18,19,20);1H. The van der Waals surface area contributed by atoms with E-state index in [0.29, 0.717) is 18.3 Å². The first-order chi connectivity index (χ1) is 10.2. The van der Waals surface area contributed by atoms with Gasteiger partial charge in [0.05, 0.1) is 6.54 Å². The summed E-state index contributed by atoms with van der Waals surface area (Å²) in [5.41, 5.74) is 1.10. The minimum absolute atomic E-state index is 0. The van der Waals surface area contributed by atoms with Gasteiger partial charge in [-0.15, -0.1) is 24.0 Å². The van der Waals surface area contributed by atoms with Crippen molar-refractivity contribution in [2.45, 2.75) is 52.1 Å². The molecule has 2 atom stereocenters. The van der Waals surface area contributed by atoms with E-state index in [4.69, 9.17) is 0 Å². The topological polar surface area (TPSA) is 56.7 Å². The summed E-state index contributed by atoms with van der Waals surface area (Å²) in [6.07, 6.45) is 5.10. The fraction of sp³-hybridized carbons (Fsp3) is 0.588. The summed E-state index contributed by atoms with van der Waals surface area (Å²) in [5.74, 6) is 1.99. The first-order valence-electron chi connectivity index (χ1n) is 8.00. The van der Waals surface area contributed by atoms with E-state index in [1.807, 2.05) is 12.1 Å².